The normalized spacial score (nSPS) is 44.4. The molecule has 0 saturated carbocycles. The summed E-state index contributed by atoms with van der Waals surface area (Å²) in [6.45, 7) is 1.68. The van der Waals surface area contributed by atoms with Crippen LogP contribution in [0.1, 0.15) is 6.92 Å². The fourth-order valence-electron chi connectivity index (χ4n) is 1.31. The van der Waals surface area contributed by atoms with Gasteiger partial charge in [-0.2, -0.15) is 0 Å². The first kappa shape index (κ1) is 9.00. The van der Waals surface area contributed by atoms with Gasteiger partial charge in [0, 0.05) is 11.9 Å². The van der Waals surface area contributed by atoms with Gasteiger partial charge in [0.25, 0.3) is 0 Å². The predicted octanol–water partition coefficient (Wildman–Crippen LogP) is -1.72. The van der Waals surface area contributed by atoms with Crippen molar-refractivity contribution in [2.75, 3.05) is 6.61 Å². The van der Waals surface area contributed by atoms with Crippen LogP contribution in [0.3, 0.4) is 0 Å². The molecule has 0 aromatic rings. The number of nitrogens with two attached hydrogens (primary N) is 1. The highest BCUT2D eigenvalue weighted by Gasteiger charge is 2.39. The van der Waals surface area contributed by atoms with Gasteiger partial charge in [0.2, 0.25) is 7.41 Å². The van der Waals surface area contributed by atoms with E-state index in [0.717, 1.165) is 0 Å². The number of rotatable bonds is 2. The van der Waals surface area contributed by atoms with Crippen LogP contribution in [0.2, 0.25) is 0 Å². The highest BCUT2D eigenvalue weighted by atomic mass is 16.5. The number of aliphatic hydroxyl groups is 2. The van der Waals surface area contributed by atoms with Crippen molar-refractivity contribution in [3.8, 4) is 0 Å². The van der Waals surface area contributed by atoms with Crippen LogP contribution >= 0.6 is 0 Å². The van der Waals surface area contributed by atoms with Crippen molar-refractivity contribution in [3.05, 3.63) is 0 Å². The van der Waals surface area contributed by atoms with Gasteiger partial charge in [-0.1, -0.05) is 6.92 Å². The molecule has 1 saturated heterocycles. The standard InChI is InChI=1S/C6H13BNO3/c1-3-5(10)4(2-9)11-6(3)7-8/h3-6,9-10H,2,8H2,1H3/t3?,4-,5-,6-/m1/s1. The van der Waals surface area contributed by atoms with Gasteiger partial charge >= 0.3 is 0 Å². The van der Waals surface area contributed by atoms with E-state index in [0.29, 0.717) is 0 Å². The molecule has 0 amide bonds. The summed E-state index contributed by atoms with van der Waals surface area (Å²) < 4.78 is 5.20. The van der Waals surface area contributed by atoms with E-state index in [-0.39, 0.29) is 18.5 Å². The summed E-state index contributed by atoms with van der Waals surface area (Å²) in [7, 11) is 1.41. The summed E-state index contributed by atoms with van der Waals surface area (Å²) in [6.07, 6.45) is -1.08. The molecular formula is C6H13BNO3. The largest absolute Gasteiger partial charge is 0.394 e. The van der Waals surface area contributed by atoms with Crippen molar-refractivity contribution < 1.29 is 14.9 Å². The molecule has 1 rings (SSSR count). The molecule has 1 heterocycles. The van der Waals surface area contributed by atoms with E-state index in [1.165, 1.54) is 7.41 Å². The summed E-state index contributed by atoms with van der Waals surface area (Å²) in [6, 6.07) is -0.234. The van der Waals surface area contributed by atoms with Crippen LogP contribution in [0.5, 0.6) is 0 Å². The molecule has 4 atom stereocenters. The first-order valence-electron chi connectivity index (χ1n) is 3.70. The van der Waals surface area contributed by atoms with E-state index >= 15 is 0 Å². The smallest absolute Gasteiger partial charge is 0.239 e. The molecule has 1 fully saturated rings. The van der Waals surface area contributed by atoms with E-state index in [2.05, 4.69) is 0 Å². The maximum Gasteiger partial charge on any atom is 0.239 e. The van der Waals surface area contributed by atoms with E-state index in [1.54, 1.807) is 0 Å². The van der Waals surface area contributed by atoms with Gasteiger partial charge in [0.1, 0.15) is 6.10 Å². The number of hydrogen-bond acceptors (Lipinski definition) is 4. The first-order valence-corrected chi connectivity index (χ1v) is 3.70. The van der Waals surface area contributed by atoms with E-state index in [1.807, 2.05) is 6.92 Å². The fourth-order valence-corrected chi connectivity index (χ4v) is 1.31. The van der Waals surface area contributed by atoms with Gasteiger partial charge in [0.15, 0.2) is 0 Å². The molecule has 4 nitrogen and oxygen atoms in total. The third-order valence-electron chi connectivity index (χ3n) is 2.14. The minimum atomic E-state index is -0.607. The molecule has 0 aliphatic carbocycles. The molecule has 0 spiro atoms. The van der Waals surface area contributed by atoms with Gasteiger partial charge in [-0.05, 0) is 0 Å². The predicted molar refractivity (Wildman–Crippen MR) is 40.9 cm³/mol. The number of hydrogen-bond donors (Lipinski definition) is 3. The van der Waals surface area contributed by atoms with Crippen molar-refractivity contribution in [2.45, 2.75) is 25.1 Å². The van der Waals surface area contributed by atoms with Crippen molar-refractivity contribution in [3.63, 3.8) is 0 Å². The molecule has 0 aromatic carbocycles. The van der Waals surface area contributed by atoms with Gasteiger partial charge in [-0.25, -0.2) is 0 Å². The lowest BCUT2D eigenvalue weighted by Gasteiger charge is -2.11. The van der Waals surface area contributed by atoms with Crippen LogP contribution in [0, 0.1) is 5.92 Å². The molecule has 1 aliphatic heterocycles. The molecule has 1 radical (unpaired) electrons. The second-order valence-electron chi connectivity index (χ2n) is 2.86. The monoisotopic (exact) mass is 158 g/mol. The highest BCUT2D eigenvalue weighted by Crippen LogP contribution is 2.24. The molecule has 0 aromatic heterocycles. The summed E-state index contributed by atoms with van der Waals surface area (Å²) in [5, 5.41) is 18.1. The van der Waals surface area contributed by atoms with Crippen molar-refractivity contribution in [1.29, 1.82) is 0 Å². The second-order valence-corrected chi connectivity index (χ2v) is 2.86. The van der Waals surface area contributed by atoms with Gasteiger partial charge < -0.3 is 20.6 Å². The van der Waals surface area contributed by atoms with E-state index < -0.39 is 12.2 Å². The second kappa shape index (κ2) is 3.54. The molecule has 1 aliphatic rings. The average molecular weight is 158 g/mol. The lowest BCUT2D eigenvalue weighted by Crippen LogP contribution is -2.31. The number of ether oxygens (including phenoxy) is 1. The molecule has 11 heavy (non-hydrogen) atoms. The maximum absolute atomic E-state index is 9.40. The van der Waals surface area contributed by atoms with Gasteiger partial charge in [-0.15, -0.1) is 0 Å². The Bertz CT molecular complexity index is 117. The summed E-state index contributed by atoms with van der Waals surface area (Å²) in [5.41, 5.74) is 5.26. The molecule has 4 N–H and O–H groups in total. The molecular weight excluding hydrogens is 145 g/mol. The van der Waals surface area contributed by atoms with Gasteiger partial charge in [0.05, 0.1) is 12.7 Å². The Morgan fingerprint density at radius 1 is 1.64 bits per heavy atom. The minimum Gasteiger partial charge on any atom is -0.394 e. The van der Waals surface area contributed by atoms with E-state index in [4.69, 9.17) is 15.5 Å². The molecule has 0 bridgehead atoms. The Hall–Kier alpha value is -0.0951. The zero-order chi connectivity index (χ0) is 8.43. The van der Waals surface area contributed by atoms with Crippen molar-refractivity contribution in [2.24, 2.45) is 11.6 Å². The third kappa shape index (κ3) is 1.56. The highest BCUT2D eigenvalue weighted by molar-refractivity contribution is 6.33. The Labute approximate surface area is 66.6 Å². The van der Waals surface area contributed by atoms with Crippen LogP contribution < -0.4 is 5.64 Å². The van der Waals surface area contributed by atoms with Crippen LogP contribution in [-0.2, 0) is 4.74 Å². The maximum atomic E-state index is 9.40. The lowest BCUT2D eigenvalue weighted by atomic mass is 9.78. The third-order valence-corrected chi connectivity index (χ3v) is 2.14. The van der Waals surface area contributed by atoms with Crippen LogP contribution in [-0.4, -0.2) is 42.4 Å². The Balaban J connectivity index is 2.53. The summed E-state index contributed by atoms with van der Waals surface area (Å²) >= 11 is 0. The van der Waals surface area contributed by atoms with Crippen LogP contribution in [0.4, 0.5) is 0 Å². The first-order chi connectivity index (χ1) is 5.20. The zero-order valence-electron chi connectivity index (χ0n) is 6.47. The van der Waals surface area contributed by atoms with Crippen molar-refractivity contribution >= 4 is 7.41 Å². The average Bonchev–Trinajstić information content (AvgIpc) is 2.30. The van der Waals surface area contributed by atoms with E-state index in [9.17, 15) is 5.11 Å². The quantitative estimate of drug-likeness (QED) is 0.418. The molecule has 1 unspecified atom stereocenters. The molecule has 5 heteroatoms. The zero-order valence-corrected chi connectivity index (χ0v) is 6.47. The Morgan fingerprint density at radius 2 is 2.27 bits per heavy atom. The lowest BCUT2D eigenvalue weighted by molar-refractivity contribution is -0.00551. The minimum absolute atomic E-state index is 0.0304. The van der Waals surface area contributed by atoms with Crippen LogP contribution in [0.15, 0.2) is 0 Å². The Morgan fingerprint density at radius 3 is 2.55 bits per heavy atom. The van der Waals surface area contributed by atoms with Gasteiger partial charge in [-0.3, -0.25) is 0 Å². The fraction of sp³-hybridized carbons (Fsp3) is 1.00. The number of aliphatic hydroxyl groups excluding tert-OH is 2. The van der Waals surface area contributed by atoms with Crippen LogP contribution in [0.25, 0.3) is 0 Å². The molecule has 63 valence electrons. The van der Waals surface area contributed by atoms with Crippen molar-refractivity contribution in [1.82, 2.24) is 0 Å². The topological polar surface area (TPSA) is 75.7 Å². The SMILES string of the molecule is CC1[C@H]([B]N)O[C@H](CO)[C@@H]1O. The Kier molecular flexibility index (Phi) is 2.89. The summed E-state index contributed by atoms with van der Waals surface area (Å²) in [5.74, 6) is -0.0304. The summed E-state index contributed by atoms with van der Waals surface area (Å²) in [4.78, 5) is 0.